The Bertz CT molecular complexity index is 555. The Morgan fingerprint density at radius 3 is 2.72 bits per heavy atom. The summed E-state index contributed by atoms with van der Waals surface area (Å²) in [5, 5.41) is 8.51. The third-order valence-corrected chi connectivity index (χ3v) is 3.38. The average molecular weight is 242 g/mol. The molecule has 1 fully saturated rings. The van der Waals surface area contributed by atoms with E-state index >= 15 is 0 Å². The summed E-state index contributed by atoms with van der Waals surface area (Å²) in [6, 6.07) is 9.13. The topological polar surface area (TPSA) is 56.7 Å². The molecule has 2 aromatic rings. The van der Waals surface area contributed by atoms with E-state index in [1.165, 1.54) is 24.0 Å². The van der Waals surface area contributed by atoms with Crippen LogP contribution in [0, 0.1) is 6.92 Å². The molecule has 1 aromatic heterocycles. The molecule has 0 amide bonds. The molecular formula is C14H18N4. The molecule has 2 N–H and O–H groups in total. The van der Waals surface area contributed by atoms with Gasteiger partial charge in [0.2, 0.25) is 0 Å². The lowest BCUT2D eigenvalue weighted by molar-refractivity contribution is 0.652. The number of nitrogens with two attached hydrogens (primary N) is 1. The van der Waals surface area contributed by atoms with Crippen molar-refractivity contribution in [3.8, 4) is 0 Å². The van der Waals surface area contributed by atoms with E-state index in [4.69, 9.17) is 5.73 Å². The zero-order valence-electron chi connectivity index (χ0n) is 10.6. The van der Waals surface area contributed by atoms with Crippen LogP contribution in [0.3, 0.4) is 0 Å². The number of aryl methyl sites for hydroxylation is 1. The predicted molar refractivity (Wildman–Crippen MR) is 70.2 cm³/mol. The molecule has 0 radical (unpaired) electrons. The van der Waals surface area contributed by atoms with Gasteiger partial charge >= 0.3 is 0 Å². The van der Waals surface area contributed by atoms with Crippen molar-refractivity contribution in [3.63, 3.8) is 0 Å². The maximum absolute atomic E-state index is 5.72. The quantitative estimate of drug-likeness (QED) is 0.891. The number of hydrogen-bond acceptors (Lipinski definition) is 3. The normalized spacial score (nSPS) is 15.0. The van der Waals surface area contributed by atoms with E-state index in [0.29, 0.717) is 12.6 Å². The first kappa shape index (κ1) is 11.4. The summed E-state index contributed by atoms with van der Waals surface area (Å²) in [4.78, 5) is 0. The molecule has 0 aliphatic heterocycles. The number of benzene rings is 1. The van der Waals surface area contributed by atoms with Crippen molar-refractivity contribution < 1.29 is 0 Å². The lowest BCUT2D eigenvalue weighted by atomic mass is 10.1. The third kappa shape index (κ3) is 2.16. The van der Waals surface area contributed by atoms with Crippen LogP contribution in [0.2, 0.25) is 0 Å². The fraction of sp³-hybridized carbons (Fsp3) is 0.429. The van der Waals surface area contributed by atoms with Crippen LogP contribution < -0.4 is 5.73 Å². The highest BCUT2D eigenvalue weighted by molar-refractivity contribution is 5.25. The Hall–Kier alpha value is -1.68. The Balaban J connectivity index is 1.90. The zero-order valence-corrected chi connectivity index (χ0v) is 10.6. The first-order valence-corrected chi connectivity index (χ1v) is 6.46. The van der Waals surface area contributed by atoms with E-state index in [1.54, 1.807) is 0 Å². The molecule has 18 heavy (non-hydrogen) atoms. The summed E-state index contributed by atoms with van der Waals surface area (Å²) >= 11 is 0. The molecule has 0 atom stereocenters. The lowest BCUT2D eigenvalue weighted by Crippen LogP contribution is -2.10. The van der Waals surface area contributed by atoms with Crippen LogP contribution in [0.1, 0.15) is 41.7 Å². The Kier molecular flexibility index (Phi) is 2.88. The van der Waals surface area contributed by atoms with Gasteiger partial charge in [-0.25, -0.2) is 0 Å². The monoisotopic (exact) mass is 242 g/mol. The Morgan fingerprint density at radius 1 is 1.28 bits per heavy atom. The van der Waals surface area contributed by atoms with E-state index < -0.39 is 0 Å². The van der Waals surface area contributed by atoms with Crippen molar-refractivity contribution in [1.29, 1.82) is 0 Å². The molecule has 1 aromatic carbocycles. The van der Waals surface area contributed by atoms with Gasteiger partial charge < -0.3 is 10.3 Å². The molecule has 1 saturated carbocycles. The van der Waals surface area contributed by atoms with Gasteiger partial charge in [-0.05, 0) is 25.3 Å². The number of aromatic nitrogens is 3. The third-order valence-electron chi connectivity index (χ3n) is 3.38. The second-order valence-electron chi connectivity index (χ2n) is 5.00. The first-order valence-electron chi connectivity index (χ1n) is 6.46. The SMILES string of the molecule is Cc1cccc(Cc2nnc(CN)n2C2CC2)c1. The molecule has 0 spiro atoms. The summed E-state index contributed by atoms with van der Waals surface area (Å²) in [5.74, 6) is 1.96. The van der Waals surface area contributed by atoms with Crippen LogP contribution in [0.15, 0.2) is 24.3 Å². The highest BCUT2D eigenvalue weighted by atomic mass is 15.3. The van der Waals surface area contributed by atoms with Crippen molar-refractivity contribution in [1.82, 2.24) is 14.8 Å². The minimum atomic E-state index is 0.470. The van der Waals surface area contributed by atoms with Gasteiger partial charge in [0.25, 0.3) is 0 Å². The first-order chi connectivity index (χ1) is 8.78. The smallest absolute Gasteiger partial charge is 0.147 e. The standard InChI is InChI=1S/C14H18N4/c1-10-3-2-4-11(7-10)8-13-16-17-14(9-15)18(13)12-5-6-12/h2-4,7,12H,5-6,8-9,15H2,1H3. The Labute approximate surface area is 107 Å². The summed E-state index contributed by atoms with van der Waals surface area (Å²) in [6.07, 6.45) is 3.29. The van der Waals surface area contributed by atoms with Gasteiger partial charge in [-0.1, -0.05) is 29.8 Å². The van der Waals surface area contributed by atoms with E-state index in [-0.39, 0.29) is 0 Å². The molecule has 4 heteroatoms. The molecule has 3 rings (SSSR count). The molecular weight excluding hydrogens is 224 g/mol. The summed E-state index contributed by atoms with van der Waals surface area (Å²) in [5.41, 5.74) is 8.29. The highest BCUT2D eigenvalue weighted by Gasteiger charge is 2.28. The predicted octanol–water partition coefficient (Wildman–Crippen LogP) is 1.97. The molecule has 1 aliphatic rings. The minimum absolute atomic E-state index is 0.470. The minimum Gasteiger partial charge on any atom is -0.324 e. The van der Waals surface area contributed by atoms with Crippen LogP contribution in [0.4, 0.5) is 0 Å². The van der Waals surface area contributed by atoms with Gasteiger partial charge in [0.05, 0.1) is 6.54 Å². The van der Waals surface area contributed by atoms with Crippen LogP contribution in [-0.2, 0) is 13.0 Å². The van der Waals surface area contributed by atoms with Gasteiger partial charge in [0.15, 0.2) is 0 Å². The van der Waals surface area contributed by atoms with Gasteiger partial charge in [-0.15, -0.1) is 10.2 Å². The van der Waals surface area contributed by atoms with Gasteiger partial charge in [0.1, 0.15) is 11.6 Å². The van der Waals surface area contributed by atoms with Crippen molar-refractivity contribution in [3.05, 3.63) is 47.0 Å². The molecule has 1 aliphatic carbocycles. The van der Waals surface area contributed by atoms with Crippen LogP contribution in [0.5, 0.6) is 0 Å². The zero-order chi connectivity index (χ0) is 12.5. The number of hydrogen-bond donors (Lipinski definition) is 1. The second kappa shape index (κ2) is 4.53. The molecule has 94 valence electrons. The second-order valence-corrected chi connectivity index (χ2v) is 5.00. The molecule has 4 nitrogen and oxygen atoms in total. The molecule has 1 heterocycles. The number of nitrogens with zero attached hydrogens (tertiary/aromatic N) is 3. The fourth-order valence-electron chi connectivity index (χ4n) is 2.38. The number of rotatable bonds is 4. The molecule has 0 bridgehead atoms. The van der Waals surface area contributed by atoms with E-state index in [9.17, 15) is 0 Å². The van der Waals surface area contributed by atoms with Crippen molar-refractivity contribution in [2.45, 2.75) is 38.8 Å². The van der Waals surface area contributed by atoms with E-state index in [1.807, 2.05) is 0 Å². The van der Waals surface area contributed by atoms with E-state index in [0.717, 1.165) is 18.1 Å². The maximum Gasteiger partial charge on any atom is 0.147 e. The summed E-state index contributed by atoms with van der Waals surface area (Å²) in [6.45, 7) is 2.58. The maximum atomic E-state index is 5.72. The fourth-order valence-corrected chi connectivity index (χ4v) is 2.38. The highest BCUT2D eigenvalue weighted by Crippen LogP contribution is 2.36. The van der Waals surface area contributed by atoms with Crippen molar-refractivity contribution in [2.24, 2.45) is 5.73 Å². The molecule has 0 saturated heterocycles. The van der Waals surface area contributed by atoms with Crippen LogP contribution >= 0.6 is 0 Å². The van der Waals surface area contributed by atoms with Gasteiger partial charge in [0, 0.05) is 12.5 Å². The van der Waals surface area contributed by atoms with E-state index in [2.05, 4.69) is 46.0 Å². The summed E-state index contributed by atoms with van der Waals surface area (Å²) in [7, 11) is 0. The van der Waals surface area contributed by atoms with Crippen molar-refractivity contribution in [2.75, 3.05) is 0 Å². The molecule has 0 unspecified atom stereocenters. The van der Waals surface area contributed by atoms with Crippen molar-refractivity contribution >= 4 is 0 Å². The Morgan fingerprint density at radius 2 is 2.06 bits per heavy atom. The van der Waals surface area contributed by atoms with Gasteiger partial charge in [-0.3, -0.25) is 0 Å². The van der Waals surface area contributed by atoms with Crippen LogP contribution in [0.25, 0.3) is 0 Å². The average Bonchev–Trinajstić information content (AvgIpc) is 3.11. The van der Waals surface area contributed by atoms with Crippen LogP contribution in [-0.4, -0.2) is 14.8 Å². The van der Waals surface area contributed by atoms with Gasteiger partial charge in [-0.2, -0.15) is 0 Å². The summed E-state index contributed by atoms with van der Waals surface area (Å²) < 4.78 is 2.24. The largest absolute Gasteiger partial charge is 0.324 e. The lowest BCUT2D eigenvalue weighted by Gasteiger charge is -2.08.